The van der Waals surface area contributed by atoms with Gasteiger partial charge in [-0.05, 0) is 17.9 Å². The standard InChI is InChI=1S/C12H15NO2S2/c1-9(4-5-14)17-8-10-7-11(15-13-10)12-3-2-6-16-12/h2-3,6-7,9,14H,4-5,8H2,1H3. The molecule has 0 radical (unpaired) electrons. The van der Waals surface area contributed by atoms with Gasteiger partial charge in [-0.1, -0.05) is 18.1 Å². The molecular weight excluding hydrogens is 254 g/mol. The van der Waals surface area contributed by atoms with E-state index in [0.29, 0.717) is 5.25 Å². The van der Waals surface area contributed by atoms with Crippen molar-refractivity contribution in [1.29, 1.82) is 0 Å². The maximum absolute atomic E-state index is 8.82. The fraction of sp³-hybridized carbons (Fsp3) is 0.417. The van der Waals surface area contributed by atoms with Crippen LogP contribution in [0.1, 0.15) is 19.0 Å². The van der Waals surface area contributed by atoms with E-state index in [2.05, 4.69) is 12.1 Å². The van der Waals surface area contributed by atoms with E-state index in [-0.39, 0.29) is 6.61 Å². The molecule has 1 N–H and O–H groups in total. The van der Waals surface area contributed by atoms with Gasteiger partial charge < -0.3 is 9.63 Å². The molecule has 1 atom stereocenters. The Kier molecular flexibility index (Phi) is 4.65. The highest BCUT2D eigenvalue weighted by atomic mass is 32.2. The van der Waals surface area contributed by atoms with Crippen LogP contribution in [0.5, 0.6) is 0 Å². The van der Waals surface area contributed by atoms with E-state index in [4.69, 9.17) is 9.63 Å². The van der Waals surface area contributed by atoms with Gasteiger partial charge in [0.2, 0.25) is 0 Å². The molecule has 0 spiro atoms. The number of rotatable bonds is 6. The van der Waals surface area contributed by atoms with Crippen LogP contribution in [-0.4, -0.2) is 22.1 Å². The van der Waals surface area contributed by atoms with E-state index in [1.165, 1.54) is 0 Å². The summed E-state index contributed by atoms with van der Waals surface area (Å²) in [6, 6.07) is 6.02. The number of hydrogen-bond donors (Lipinski definition) is 1. The molecule has 2 aromatic heterocycles. The Morgan fingerprint density at radius 2 is 2.47 bits per heavy atom. The van der Waals surface area contributed by atoms with Gasteiger partial charge in [0.1, 0.15) is 0 Å². The van der Waals surface area contributed by atoms with E-state index in [1.807, 2.05) is 23.6 Å². The number of aromatic nitrogens is 1. The third-order valence-corrected chi connectivity index (χ3v) is 4.53. The minimum absolute atomic E-state index is 0.243. The van der Waals surface area contributed by atoms with E-state index < -0.39 is 0 Å². The van der Waals surface area contributed by atoms with Gasteiger partial charge in [0.25, 0.3) is 0 Å². The van der Waals surface area contributed by atoms with Crippen molar-refractivity contribution in [2.24, 2.45) is 0 Å². The fourth-order valence-corrected chi connectivity index (χ4v) is 2.94. The Labute approximate surface area is 109 Å². The molecule has 17 heavy (non-hydrogen) atoms. The van der Waals surface area contributed by atoms with Crippen molar-refractivity contribution in [3.8, 4) is 10.6 Å². The number of hydrogen-bond acceptors (Lipinski definition) is 5. The molecule has 3 nitrogen and oxygen atoms in total. The zero-order chi connectivity index (χ0) is 12.1. The molecule has 0 amide bonds. The van der Waals surface area contributed by atoms with E-state index >= 15 is 0 Å². The number of thiophene rings is 1. The molecule has 0 aromatic carbocycles. The van der Waals surface area contributed by atoms with Crippen molar-refractivity contribution in [3.63, 3.8) is 0 Å². The Morgan fingerprint density at radius 1 is 1.59 bits per heavy atom. The van der Waals surface area contributed by atoms with Gasteiger partial charge in [0.05, 0.1) is 10.6 Å². The summed E-state index contributed by atoms with van der Waals surface area (Å²) < 4.78 is 5.30. The molecule has 0 fully saturated rings. The molecule has 5 heteroatoms. The summed E-state index contributed by atoms with van der Waals surface area (Å²) in [5.74, 6) is 1.67. The molecular formula is C12H15NO2S2. The smallest absolute Gasteiger partial charge is 0.177 e. The molecule has 0 bridgehead atoms. The summed E-state index contributed by atoms with van der Waals surface area (Å²) in [7, 11) is 0. The minimum Gasteiger partial charge on any atom is -0.396 e. The Balaban J connectivity index is 1.91. The van der Waals surface area contributed by atoms with Crippen molar-refractivity contribution in [1.82, 2.24) is 5.16 Å². The predicted octanol–water partition coefficient (Wildman–Crippen LogP) is 3.41. The monoisotopic (exact) mass is 269 g/mol. The lowest BCUT2D eigenvalue weighted by atomic mass is 10.3. The Hall–Kier alpha value is -0.780. The summed E-state index contributed by atoms with van der Waals surface area (Å²) in [6.07, 6.45) is 0.820. The lowest BCUT2D eigenvalue weighted by Gasteiger charge is -2.06. The third kappa shape index (κ3) is 3.59. The first-order valence-corrected chi connectivity index (χ1v) is 7.44. The van der Waals surface area contributed by atoms with Gasteiger partial charge in [-0.2, -0.15) is 11.8 Å². The number of nitrogens with zero attached hydrogens (tertiary/aromatic N) is 1. The van der Waals surface area contributed by atoms with Crippen LogP contribution in [0.25, 0.3) is 10.6 Å². The van der Waals surface area contributed by atoms with Gasteiger partial charge in [-0.15, -0.1) is 11.3 Å². The van der Waals surface area contributed by atoms with Crippen LogP contribution in [0.15, 0.2) is 28.1 Å². The van der Waals surface area contributed by atoms with E-state index in [0.717, 1.165) is 28.5 Å². The summed E-state index contributed by atoms with van der Waals surface area (Å²) in [6.45, 7) is 2.36. The van der Waals surface area contributed by atoms with Gasteiger partial charge in [0.15, 0.2) is 5.76 Å². The lowest BCUT2D eigenvalue weighted by Crippen LogP contribution is -1.99. The largest absolute Gasteiger partial charge is 0.396 e. The Morgan fingerprint density at radius 3 is 3.18 bits per heavy atom. The minimum atomic E-state index is 0.243. The maximum atomic E-state index is 8.82. The average molecular weight is 269 g/mol. The molecule has 2 aromatic rings. The second-order valence-corrected chi connectivity index (χ2v) is 6.17. The first kappa shape index (κ1) is 12.7. The van der Waals surface area contributed by atoms with Crippen LogP contribution < -0.4 is 0 Å². The topological polar surface area (TPSA) is 46.3 Å². The van der Waals surface area contributed by atoms with Gasteiger partial charge in [0, 0.05) is 23.7 Å². The highest BCUT2D eigenvalue weighted by Crippen LogP contribution is 2.27. The Bertz CT molecular complexity index is 439. The van der Waals surface area contributed by atoms with Crippen molar-refractivity contribution >= 4 is 23.1 Å². The van der Waals surface area contributed by atoms with Crippen LogP contribution in [0.3, 0.4) is 0 Å². The van der Waals surface area contributed by atoms with E-state index in [1.54, 1.807) is 23.1 Å². The average Bonchev–Trinajstić information content (AvgIpc) is 2.97. The van der Waals surface area contributed by atoms with Gasteiger partial charge in [-0.3, -0.25) is 0 Å². The lowest BCUT2D eigenvalue weighted by molar-refractivity contribution is 0.289. The van der Waals surface area contributed by atoms with Crippen molar-refractivity contribution in [3.05, 3.63) is 29.3 Å². The fourth-order valence-electron chi connectivity index (χ4n) is 1.41. The second kappa shape index (κ2) is 6.23. The number of aliphatic hydroxyl groups is 1. The van der Waals surface area contributed by atoms with Crippen molar-refractivity contribution in [2.45, 2.75) is 24.3 Å². The van der Waals surface area contributed by atoms with Gasteiger partial charge in [-0.25, -0.2) is 0 Å². The third-order valence-electron chi connectivity index (χ3n) is 2.37. The molecule has 2 heterocycles. The summed E-state index contributed by atoms with van der Waals surface area (Å²) >= 11 is 3.43. The molecule has 0 aliphatic rings. The molecule has 0 aliphatic heterocycles. The number of thioether (sulfide) groups is 1. The SMILES string of the molecule is CC(CCO)SCc1cc(-c2cccs2)on1. The molecule has 0 saturated heterocycles. The van der Waals surface area contributed by atoms with Gasteiger partial charge >= 0.3 is 0 Å². The molecule has 1 unspecified atom stereocenters. The van der Waals surface area contributed by atoms with Crippen LogP contribution in [-0.2, 0) is 5.75 Å². The maximum Gasteiger partial charge on any atom is 0.177 e. The predicted molar refractivity (Wildman–Crippen MR) is 72.3 cm³/mol. The van der Waals surface area contributed by atoms with Crippen molar-refractivity contribution < 1.29 is 9.63 Å². The summed E-state index contributed by atoms with van der Waals surface area (Å²) in [5.41, 5.74) is 0.961. The summed E-state index contributed by atoms with van der Waals surface area (Å²) in [5, 5.41) is 15.3. The zero-order valence-corrected chi connectivity index (χ0v) is 11.3. The molecule has 2 rings (SSSR count). The van der Waals surface area contributed by atoms with Crippen LogP contribution in [0.2, 0.25) is 0 Å². The first-order chi connectivity index (χ1) is 8.29. The van der Waals surface area contributed by atoms with Crippen LogP contribution in [0.4, 0.5) is 0 Å². The van der Waals surface area contributed by atoms with Crippen LogP contribution >= 0.6 is 23.1 Å². The highest BCUT2D eigenvalue weighted by molar-refractivity contribution is 7.99. The van der Waals surface area contributed by atoms with Crippen molar-refractivity contribution in [2.75, 3.05) is 6.61 Å². The normalized spacial score (nSPS) is 12.8. The highest BCUT2D eigenvalue weighted by Gasteiger charge is 2.09. The second-order valence-electron chi connectivity index (χ2n) is 3.79. The molecule has 0 aliphatic carbocycles. The van der Waals surface area contributed by atoms with E-state index in [9.17, 15) is 0 Å². The number of aliphatic hydroxyl groups excluding tert-OH is 1. The summed E-state index contributed by atoms with van der Waals surface area (Å²) in [4.78, 5) is 1.11. The zero-order valence-electron chi connectivity index (χ0n) is 9.63. The molecule has 0 saturated carbocycles. The molecule has 92 valence electrons. The first-order valence-electron chi connectivity index (χ1n) is 5.51. The van der Waals surface area contributed by atoms with Crippen LogP contribution in [0, 0.1) is 0 Å². The quantitative estimate of drug-likeness (QED) is 0.873.